The van der Waals surface area contributed by atoms with E-state index in [0.717, 1.165) is 37.7 Å². The van der Waals surface area contributed by atoms with Crippen molar-refractivity contribution in [1.82, 2.24) is 5.06 Å². The molecule has 3 rings (SSSR count). The van der Waals surface area contributed by atoms with Crippen LogP contribution in [0.3, 0.4) is 0 Å². The van der Waals surface area contributed by atoms with Crippen LogP contribution < -0.4 is 4.74 Å². The molecule has 184 valence electrons. The molecular formula is C26H38FNO5. The van der Waals surface area contributed by atoms with Gasteiger partial charge in [0, 0.05) is 19.2 Å². The smallest absolute Gasteiger partial charge is 0.341 e. The Morgan fingerprint density at radius 2 is 1.67 bits per heavy atom. The quantitative estimate of drug-likeness (QED) is 0.487. The molecular weight excluding hydrogens is 425 g/mol. The van der Waals surface area contributed by atoms with Crippen LogP contribution in [-0.4, -0.2) is 42.3 Å². The molecule has 1 saturated carbocycles. The lowest BCUT2D eigenvalue weighted by atomic mass is 9.95. The Bertz CT molecular complexity index is 859. The summed E-state index contributed by atoms with van der Waals surface area (Å²) >= 11 is 0. The van der Waals surface area contributed by atoms with Crippen LogP contribution in [-0.2, 0) is 14.4 Å². The number of ether oxygens (including phenoxy) is 2. The highest BCUT2D eigenvalue weighted by Crippen LogP contribution is 2.45. The Hall–Kier alpha value is -2.15. The van der Waals surface area contributed by atoms with Crippen molar-refractivity contribution in [3.63, 3.8) is 0 Å². The summed E-state index contributed by atoms with van der Waals surface area (Å²) in [5.41, 5.74) is -0.338. The predicted molar refractivity (Wildman–Crippen MR) is 123 cm³/mol. The van der Waals surface area contributed by atoms with Crippen LogP contribution in [0.5, 0.6) is 5.75 Å². The molecule has 1 aromatic rings. The molecule has 0 atom stereocenters. The molecule has 1 aromatic carbocycles. The fourth-order valence-corrected chi connectivity index (χ4v) is 3.78. The Balaban J connectivity index is 1.53. The zero-order valence-corrected chi connectivity index (χ0v) is 20.8. The number of piperidine rings is 1. The number of hydroxylamine groups is 2. The third kappa shape index (κ3) is 7.42. The van der Waals surface area contributed by atoms with Crippen LogP contribution >= 0.6 is 0 Å². The SMILES string of the molecule is CC(C)(C)OC(=O)c1cc(C2CC2)c(OCCC2CCN(OC(=O)C(C)(C)C)CC2)cc1F. The van der Waals surface area contributed by atoms with E-state index in [4.69, 9.17) is 14.3 Å². The van der Waals surface area contributed by atoms with Crippen molar-refractivity contribution >= 4 is 11.9 Å². The molecule has 0 radical (unpaired) electrons. The summed E-state index contributed by atoms with van der Waals surface area (Å²) in [5.74, 6) is -0.176. The van der Waals surface area contributed by atoms with Gasteiger partial charge in [0.1, 0.15) is 17.2 Å². The van der Waals surface area contributed by atoms with Gasteiger partial charge in [-0.1, -0.05) is 0 Å². The van der Waals surface area contributed by atoms with Crippen molar-refractivity contribution in [2.24, 2.45) is 11.3 Å². The summed E-state index contributed by atoms with van der Waals surface area (Å²) in [4.78, 5) is 30.0. The highest BCUT2D eigenvalue weighted by atomic mass is 19.1. The number of hydrogen-bond donors (Lipinski definition) is 0. The molecule has 7 heteroatoms. The average molecular weight is 464 g/mol. The maximum atomic E-state index is 14.7. The first kappa shape index (κ1) is 25.5. The van der Waals surface area contributed by atoms with E-state index in [1.54, 1.807) is 31.9 Å². The van der Waals surface area contributed by atoms with Crippen molar-refractivity contribution < 1.29 is 28.3 Å². The summed E-state index contributed by atoms with van der Waals surface area (Å²) in [6, 6.07) is 2.94. The van der Waals surface area contributed by atoms with Crippen LogP contribution in [0.4, 0.5) is 4.39 Å². The zero-order valence-electron chi connectivity index (χ0n) is 20.8. The minimum Gasteiger partial charge on any atom is -0.493 e. The van der Waals surface area contributed by atoms with Crippen molar-refractivity contribution in [3.8, 4) is 5.75 Å². The van der Waals surface area contributed by atoms with Gasteiger partial charge in [-0.15, -0.1) is 5.06 Å². The van der Waals surface area contributed by atoms with E-state index >= 15 is 0 Å². The molecule has 33 heavy (non-hydrogen) atoms. The Morgan fingerprint density at radius 3 is 2.21 bits per heavy atom. The highest BCUT2D eigenvalue weighted by molar-refractivity contribution is 5.90. The molecule has 1 heterocycles. The largest absolute Gasteiger partial charge is 0.493 e. The van der Waals surface area contributed by atoms with Crippen molar-refractivity contribution in [3.05, 3.63) is 29.1 Å². The monoisotopic (exact) mass is 463 g/mol. The van der Waals surface area contributed by atoms with Gasteiger partial charge in [0.15, 0.2) is 0 Å². The first-order valence-electron chi connectivity index (χ1n) is 12.0. The number of halogens is 1. The number of benzene rings is 1. The van der Waals surface area contributed by atoms with E-state index in [9.17, 15) is 14.0 Å². The molecule has 1 saturated heterocycles. The Labute approximate surface area is 196 Å². The van der Waals surface area contributed by atoms with E-state index < -0.39 is 22.8 Å². The van der Waals surface area contributed by atoms with Crippen molar-refractivity contribution in [2.75, 3.05) is 19.7 Å². The molecule has 0 spiro atoms. The fraction of sp³-hybridized carbons (Fsp3) is 0.692. The van der Waals surface area contributed by atoms with Crippen molar-refractivity contribution in [2.45, 2.75) is 85.2 Å². The maximum absolute atomic E-state index is 14.7. The number of rotatable bonds is 7. The predicted octanol–water partition coefficient (Wildman–Crippen LogP) is 5.64. The second kappa shape index (κ2) is 10.00. The van der Waals surface area contributed by atoms with E-state index in [1.807, 2.05) is 20.8 Å². The molecule has 0 amide bonds. The van der Waals surface area contributed by atoms with E-state index in [2.05, 4.69) is 0 Å². The molecule has 0 N–H and O–H groups in total. The third-order valence-electron chi connectivity index (χ3n) is 5.92. The maximum Gasteiger partial charge on any atom is 0.341 e. The van der Waals surface area contributed by atoms with Gasteiger partial charge in [0.2, 0.25) is 0 Å². The summed E-state index contributed by atoms with van der Waals surface area (Å²) in [6.45, 7) is 12.7. The topological polar surface area (TPSA) is 65.1 Å². The number of hydrogen-bond acceptors (Lipinski definition) is 6. The van der Waals surface area contributed by atoms with Crippen LogP contribution in [0.2, 0.25) is 0 Å². The standard InChI is InChI=1S/C26H38FNO5/c1-25(2,3)24(30)33-28-12-9-17(10-13-28)11-14-31-22-16-21(27)20(15-19(22)18-7-8-18)23(29)32-26(4,5)6/h15-18H,7-14H2,1-6H3. The highest BCUT2D eigenvalue weighted by Gasteiger charge is 2.31. The number of carbonyl (C=O) groups is 2. The van der Waals surface area contributed by atoms with Gasteiger partial charge in [-0.3, -0.25) is 0 Å². The lowest BCUT2D eigenvalue weighted by Gasteiger charge is -2.32. The number of esters is 1. The second-order valence-corrected chi connectivity index (χ2v) is 11.3. The van der Waals surface area contributed by atoms with Gasteiger partial charge in [-0.2, -0.15) is 0 Å². The summed E-state index contributed by atoms with van der Waals surface area (Å²) in [6.07, 6.45) is 4.72. The second-order valence-electron chi connectivity index (χ2n) is 11.3. The molecule has 1 aliphatic carbocycles. The molecule has 1 aliphatic heterocycles. The minimum absolute atomic E-state index is 0.0312. The minimum atomic E-state index is -0.681. The van der Waals surface area contributed by atoms with Gasteiger partial charge in [-0.05, 0) is 97.1 Å². The summed E-state index contributed by atoms with van der Waals surface area (Å²) in [7, 11) is 0. The Kier molecular flexibility index (Phi) is 7.72. The molecule has 2 fully saturated rings. The van der Waals surface area contributed by atoms with E-state index in [-0.39, 0.29) is 11.5 Å². The van der Waals surface area contributed by atoms with Gasteiger partial charge in [0.05, 0.1) is 17.6 Å². The van der Waals surface area contributed by atoms with Gasteiger partial charge >= 0.3 is 11.9 Å². The summed E-state index contributed by atoms with van der Waals surface area (Å²) < 4.78 is 26.1. The van der Waals surface area contributed by atoms with E-state index in [0.29, 0.717) is 37.3 Å². The lowest BCUT2D eigenvalue weighted by Crippen LogP contribution is -2.39. The molecule has 0 aromatic heterocycles. The van der Waals surface area contributed by atoms with Crippen LogP contribution in [0.15, 0.2) is 12.1 Å². The molecule has 0 bridgehead atoms. The van der Waals surface area contributed by atoms with Gasteiger partial charge in [0.25, 0.3) is 0 Å². The lowest BCUT2D eigenvalue weighted by molar-refractivity contribution is -0.206. The van der Waals surface area contributed by atoms with Crippen LogP contribution in [0, 0.1) is 17.2 Å². The Morgan fingerprint density at radius 1 is 1.03 bits per heavy atom. The van der Waals surface area contributed by atoms with Crippen LogP contribution in [0.25, 0.3) is 0 Å². The van der Waals surface area contributed by atoms with Gasteiger partial charge < -0.3 is 14.3 Å². The first-order valence-corrected chi connectivity index (χ1v) is 12.0. The number of carbonyl (C=O) groups excluding carboxylic acids is 2. The van der Waals surface area contributed by atoms with Gasteiger partial charge in [-0.25, -0.2) is 14.0 Å². The molecule has 2 aliphatic rings. The zero-order chi connectivity index (χ0) is 24.4. The molecule has 0 unspecified atom stereocenters. The normalized spacial score (nSPS) is 18.2. The fourth-order valence-electron chi connectivity index (χ4n) is 3.78. The summed E-state index contributed by atoms with van der Waals surface area (Å²) in [5, 5.41) is 1.75. The first-order chi connectivity index (χ1) is 15.3. The van der Waals surface area contributed by atoms with E-state index in [1.165, 1.54) is 6.07 Å². The third-order valence-corrected chi connectivity index (χ3v) is 5.92. The number of nitrogens with zero attached hydrogens (tertiary/aromatic N) is 1. The van der Waals surface area contributed by atoms with Crippen LogP contribution in [0.1, 0.15) is 95.5 Å². The molecule has 6 nitrogen and oxygen atoms in total. The average Bonchev–Trinajstić information content (AvgIpc) is 3.52. The van der Waals surface area contributed by atoms with Crippen molar-refractivity contribution in [1.29, 1.82) is 0 Å².